The molecule has 31 heavy (non-hydrogen) atoms. The smallest absolute Gasteiger partial charge is 0.251 e. The Labute approximate surface area is 191 Å². The average Bonchev–Trinajstić information content (AvgIpc) is 3.35. The van der Waals surface area contributed by atoms with Crippen LogP contribution in [0.25, 0.3) is 22.0 Å². The van der Waals surface area contributed by atoms with Gasteiger partial charge >= 0.3 is 0 Å². The van der Waals surface area contributed by atoms with Gasteiger partial charge in [0, 0.05) is 47.0 Å². The second-order valence-corrected chi connectivity index (χ2v) is 9.92. The Kier molecular flexibility index (Phi) is 6.17. The second-order valence-electron chi connectivity index (χ2n) is 8.17. The van der Waals surface area contributed by atoms with Gasteiger partial charge in [-0.15, -0.1) is 11.8 Å². The first-order valence-corrected chi connectivity index (χ1v) is 12.2. The van der Waals surface area contributed by atoms with Crippen molar-refractivity contribution in [2.24, 2.45) is 0 Å². The molecule has 0 saturated carbocycles. The topological polar surface area (TPSA) is 42.4 Å². The summed E-state index contributed by atoms with van der Waals surface area (Å²) in [5.41, 5.74) is 2.94. The molecule has 0 aliphatic carbocycles. The number of likely N-dealkylation sites (tertiary alicyclic amines) is 1. The number of nitrogens with zero attached hydrogens (tertiary/aromatic N) is 2. The lowest BCUT2D eigenvalue weighted by Crippen LogP contribution is -2.44. The molecule has 160 valence electrons. The maximum absolute atomic E-state index is 12.5. The van der Waals surface area contributed by atoms with Gasteiger partial charge in [0.2, 0.25) is 0 Å². The van der Waals surface area contributed by atoms with Crippen LogP contribution in [0.4, 0.5) is 0 Å². The number of carbonyl (C=O) groups is 1. The number of thioether (sulfide) groups is 1. The summed E-state index contributed by atoms with van der Waals surface area (Å²) >= 11 is 8.57. The Morgan fingerprint density at radius 3 is 2.58 bits per heavy atom. The number of halogens is 1. The van der Waals surface area contributed by atoms with Crippen molar-refractivity contribution in [3.8, 4) is 11.1 Å². The van der Waals surface area contributed by atoms with Crippen LogP contribution in [0.2, 0.25) is 5.02 Å². The van der Waals surface area contributed by atoms with Crippen LogP contribution in [0.1, 0.15) is 25.7 Å². The molecule has 0 N–H and O–H groups in total. The molecule has 1 amide bonds. The molecule has 2 aromatic carbocycles. The summed E-state index contributed by atoms with van der Waals surface area (Å²) in [6, 6.07) is 16.5. The van der Waals surface area contributed by atoms with Gasteiger partial charge in [0.05, 0.1) is 10.5 Å². The van der Waals surface area contributed by atoms with Crippen LogP contribution >= 0.6 is 23.4 Å². The predicted molar refractivity (Wildman–Crippen MR) is 127 cm³/mol. The number of fused-ring (bicyclic) bond motifs is 1. The zero-order valence-electron chi connectivity index (χ0n) is 17.3. The van der Waals surface area contributed by atoms with E-state index in [1.807, 2.05) is 47.1 Å². The highest BCUT2D eigenvalue weighted by molar-refractivity contribution is 8.00. The van der Waals surface area contributed by atoms with Crippen LogP contribution in [-0.4, -0.2) is 46.8 Å². The molecule has 5 rings (SSSR count). The van der Waals surface area contributed by atoms with E-state index in [-0.39, 0.29) is 12.0 Å². The molecular formula is C25H25ClN2O2S. The Balaban J connectivity index is 1.21. The molecule has 0 radical (unpaired) electrons. The first kappa shape index (κ1) is 20.8. The highest BCUT2D eigenvalue weighted by atomic mass is 35.5. The van der Waals surface area contributed by atoms with Gasteiger partial charge in [-0.1, -0.05) is 41.9 Å². The number of aromatic nitrogens is 1. The van der Waals surface area contributed by atoms with E-state index in [2.05, 4.69) is 29.2 Å². The highest BCUT2D eigenvalue weighted by Crippen LogP contribution is 2.36. The number of amides is 1. The van der Waals surface area contributed by atoms with E-state index in [0.717, 1.165) is 72.4 Å². The minimum absolute atomic E-state index is 0.186. The number of pyridine rings is 1. The molecule has 2 aliphatic heterocycles. The molecule has 2 fully saturated rings. The third-order valence-electron chi connectivity index (χ3n) is 6.14. The number of piperidine rings is 1. The molecule has 1 aromatic heterocycles. The second kappa shape index (κ2) is 9.19. The SMILES string of the molecule is O=C([C@H]1CCCO1)N1CCC(Sc2ccc(-c3cnc4ccccc4c3Cl)cc2)CC1. The van der Waals surface area contributed by atoms with E-state index >= 15 is 0 Å². The maximum atomic E-state index is 12.5. The third-order valence-corrected chi connectivity index (χ3v) is 7.89. The molecule has 3 heterocycles. The van der Waals surface area contributed by atoms with Gasteiger partial charge in [0.1, 0.15) is 6.10 Å². The van der Waals surface area contributed by atoms with Gasteiger partial charge in [0.15, 0.2) is 0 Å². The van der Waals surface area contributed by atoms with Crippen molar-refractivity contribution in [1.29, 1.82) is 0 Å². The lowest BCUT2D eigenvalue weighted by molar-refractivity contribution is -0.141. The van der Waals surface area contributed by atoms with E-state index in [4.69, 9.17) is 16.3 Å². The summed E-state index contributed by atoms with van der Waals surface area (Å²) in [6.07, 6.45) is 5.56. The van der Waals surface area contributed by atoms with Crippen LogP contribution in [0.5, 0.6) is 0 Å². The van der Waals surface area contributed by atoms with Crippen LogP contribution in [-0.2, 0) is 9.53 Å². The van der Waals surface area contributed by atoms with Gasteiger partial charge in [0.25, 0.3) is 5.91 Å². The van der Waals surface area contributed by atoms with E-state index in [9.17, 15) is 4.79 Å². The van der Waals surface area contributed by atoms with E-state index in [0.29, 0.717) is 5.25 Å². The molecule has 0 spiro atoms. The van der Waals surface area contributed by atoms with Crippen molar-refractivity contribution < 1.29 is 9.53 Å². The van der Waals surface area contributed by atoms with Crippen LogP contribution in [0.15, 0.2) is 59.6 Å². The predicted octanol–water partition coefficient (Wildman–Crippen LogP) is 5.82. The zero-order valence-corrected chi connectivity index (χ0v) is 18.9. The number of para-hydroxylation sites is 1. The van der Waals surface area contributed by atoms with Crippen molar-refractivity contribution in [2.75, 3.05) is 19.7 Å². The summed E-state index contributed by atoms with van der Waals surface area (Å²) in [5, 5.41) is 2.25. The lowest BCUT2D eigenvalue weighted by Gasteiger charge is -2.33. The van der Waals surface area contributed by atoms with E-state index in [1.165, 1.54) is 4.90 Å². The summed E-state index contributed by atoms with van der Waals surface area (Å²) in [4.78, 5) is 20.3. The molecule has 0 unspecified atom stereocenters. The van der Waals surface area contributed by atoms with Gasteiger partial charge in [-0.25, -0.2) is 0 Å². The number of benzene rings is 2. The largest absolute Gasteiger partial charge is 0.368 e. The fraction of sp³-hybridized carbons (Fsp3) is 0.360. The first-order valence-electron chi connectivity index (χ1n) is 10.9. The van der Waals surface area contributed by atoms with Gasteiger partial charge in [-0.3, -0.25) is 9.78 Å². The van der Waals surface area contributed by atoms with Crippen molar-refractivity contribution >= 4 is 40.2 Å². The molecule has 2 saturated heterocycles. The number of hydrogen-bond donors (Lipinski definition) is 0. The molecule has 2 aliphatic rings. The van der Waals surface area contributed by atoms with Gasteiger partial charge in [-0.05, 0) is 49.4 Å². The molecular weight excluding hydrogens is 428 g/mol. The minimum Gasteiger partial charge on any atom is -0.368 e. The Morgan fingerprint density at radius 2 is 1.84 bits per heavy atom. The van der Waals surface area contributed by atoms with Crippen molar-refractivity contribution in [2.45, 2.75) is 41.9 Å². The standard InChI is InChI=1S/C25H25ClN2O2S/c26-24-20-4-1-2-5-22(20)27-16-21(24)17-7-9-18(10-8-17)31-19-11-13-28(14-12-19)25(29)23-6-3-15-30-23/h1-2,4-5,7-10,16,19,23H,3,6,11-15H2/t23-/m1/s1. The van der Waals surface area contributed by atoms with Crippen LogP contribution in [0.3, 0.4) is 0 Å². The van der Waals surface area contributed by atoms with Gasteiger partial charge < -0.3 is 9.64 Å². The fourth-order valence-corrected chi connectivity index (χ4v) is 5.83. The summed E-state index contributed by atoms with van der Waals surface area (Å²) in [5.74, 6) is 0.186. The molecule has 3 aromatic rings. The maximum Gasteiger partial charge on any atom is 0.251 e. The number of ether oxygens (including phenoxy) is 1. The number of carbonyl (C=O) groups excluding carboxylic acids is 1. The number of hydrogen-bond acceptors (Lipinski definition) is 4. The normalized spacial score (nSPS) is 19.8. The van der Waals surface area contributed by atoms with Crippen LogP contribution in [0, 0.1) is 0 Å². The third kappa shape index (κ3) is 4.45. The Morgan fingerprint density at radius 1 is 1.06 bits per heavy atom. The average molecular weight is 453 g/mol. The van der Waals surface area contributed by atoms with Crippen molar-refractivity contribution in [3.63, 3.8) is 0 Å². The lowest BCUT2D eigenvalue weighted by atomic mass is 10.1. The summed E-state index contributed by atoms with van der Waals surface area (Å²) < 4.78 is 5.56. The molecule has 0 bridgehead atoms. The molecule has 6 heteroatoms. The van der Waals surface area contributed by atoms with Gasteiger partial charge in [-0.2, -0.15) is 0 Å². The summed E-state index contributed by atoms with van der Waals surface area (Å²) in [6.45, 7) is 2.37. The highest BCUT2D eigenvalue weighted by Gasteiger charge is 2.31. The monoisotopic (exact) mass is 452 g/mol. The molecule has 1 atom stereocenters. The first-order chi connectivity index (χ1) is 15.2. The molecule has 4 nitrogen and oxygen atoms in total. The van der Waals surface area contributed by atoms with E-state index < -0.39 is 0 Å². The van der Waals surface area contributed by atoms with E-state index in [1.54, 1.807) is 0 Å². The summed E-state index contributed by atoms with van der Waals surface area (Å²) in [7, 11) is 0. The Hall–Kier alpha value is -2.08. The minimum atomic E-state index is -0.201. The van der Waals surface area contributed by atoms with Crippen LogP contribution < -0.4 is 0 Å². The number of rotatable bonds is 4. The Bertz CT molecular complexity index is 1070. The van der Waals surface area contributed by atoms with Crippen molar-refractivity contribution in [1.82, 2.24) is 9.88 Å². The quantitative estimate of drug-likeness (QED) is 0.500. The fourth-order valence-electron chi connectivity index (χ4n) is 4.38. The van der Waals surface area contributed by atoms with Crippen molar-refractivity contribution in [3.05, 3.63) is 59.8 Å². The zero-order chi connectivity index (χ0) is 21.2.